The molecule has 0 radical (unpaired) electrons. The molecule has 3 N–H and O–H groups in total. The van der Waals surface area contributed by atoms with Crippen molar-refractivity contribution in [2.45, 2.75) is 120 Å². The summed E-state index contributed by atoms with van der Waals surface area (Å²) in [6.45, 7) is 6.46. The smallest absolute Gasteiger partial charge is 0.408 e. The average Bonchev–Trinajstić information content (AvgIpc) is 4.11. The van der Waals surface area contributed by atoms with Gasteiger partial charge in [0.25, 0.3) is 5.91 Å². The second kappa shape index (κ2) is 15.2. The zero-order chi connectivity index (χ0) is 39.4. The maximum atomic E-state index is 14.9. The molecule has 1 aromatic carbocycles. The zero-order valence-corrected chi connectivity index (χ0v) is 33.1. The number of hydrogen-bond donors (Lipinski definition) is 3. The number of nitrogens with zero attached hydrogens (tertiary/aromatic N) is 2. The standard InChI is InChI=1S/C41H53N5O9S/c1-4-53-29-9-12-33-25(17-29)13-14-42-37(33)54-31-20-34-36(47)44-41(39(49)45-56(51,52)32-10-11-32)21-28(41)8-6-5-7-23(2)15-24(3)35(38(48)46(34)22-31)43-40(50)55-30-18-26-16-27(26)19-30/h6,8-9,12-14,17,23-24,26-28,30-32,34-35H,4-5,7,10-11,15-16,18-22H2,1-3H3,(H,43,50)(H,44,47)(H,45,49)/b8-6-/t23-,24-,26-,27+,28?,30?,31-,34+,35+,41-/m1/s1. The van der Waals surface area contributed by atoms with Gasteiger partial charge in [-0.25, -0.2) is 18.2 Å². The van der Waals surface area contributed by atoms with Gasteiger partial charge >= 0.3 is 6.09 Å². The predicted molar refractivity (Wildman–Crippen MR) is 206 cm³/mol. The average molecular weight is 792 g/mol. The molecule has 56 heavy (non-hydrogen) atoms. The Bertz CT molecular complexity index is 2010. The van der Waals surface area contributed by atoms with Gasteiger partial charge in [0.2, 0.25) is 27.7 Å². The highest BCUT2D eigenvalue weighted by Gasteiger charge is 2.62. The molecule has 6 aliphatic rings. The van der Waals surface area contributed by atoms with Gasteiger partial charge < -0.3 is 29.7 Å². The van der Waals surface area contributed by atoms with Gasteiger partial charge in [-0.2, -0.15) is 0 Å². The molecule has 1 aromatic heterocycles. The fourth-order valence-electron chi connectivity index (χ4n) is 9.20. The lowest BCUT2D eigenvalue weighted by molar-refractivity contribution is -0.142. The van der Waals surface area contributed by atoms with Crippen LogP contribution in [0, 0.1) is 29.6 Å². The molecule has 2 unspecified atom stereocenters. The molecule has 2 aromatic rings. The molecule has 15 heteroatoms. The van der Waals surface area contributed by atoms with Gasteiger partial charge in [0.1, 0.15) is 35.6 Å². The lowest BCUT2D eigenvalue weighted by atomic mass is 9.88. The van der Waals surface area contributed by atoms with Crippen molar-refractivity contribution < 1.29 is 41.8 Å². The van der Waals surface area contributed by atoms with Crippen LogP contribution in [0.15, 0.2) is 42.6 Å². The van der Waals surface area contributed by atoms with E-state index in [0.29, 0.717) is 55.8 Å². The zero-order valence-electron chi connectivity index (χ0n) is 32.3. The number of sulfonamides is 1. The number of benzene rings is 1. The van der Waals surface area contributed by atoms with Gasteiger partial charge in [0, 0.05) is 23.9 Å². The second-order valence-electron chi connectivity index (χ2n) is 17.1. The fourth-order valence-corrected chi connectivity index (χ4v) is 10.6. The minimum absolute atomic E-state index is 0.00604. The summed E-state index contributed by atoms with van der Waals surface area (Å²) < 4.78 is 46.1. The van der Waals surface area contributed by atoms with E-state index in [-0.39, 0.29) is 37.3 Å². The van der Waals surface area contributed by atoms with Crippen molar-refractivity contribution in [3.05, 3.63) is 42.6 Å². The number of amides is 4. The second-order valence-corrected chi connectivity index (χ2v) is 19.0. The molecule has 1 saturated heterocycles. The van der Waals surface area contributed by atoms with E-state index in [9.17, 15) is 27.6 Å². The highest BCUT2D eigenvalue weighted by atomic mass is 32.2. The minimum Gasteiger partial charge on any atom is -0.494 e. The maximum absolute atomic E-state index is 14.9. The molecule has 3 heterocycles. The lowest BCUT2D eigenvalue weighted by Gasteiger charge is -2.33. The minimum atomic E-state index is -3.89. The topological polar surface area (TPSA) is 182 Å². The van der Waals surface area contributed by atoms with Crippen molar-refractivity contribution in [2.24, 2.45) is 29.6 Å². The van der Waals surface area contributed by atoms with Crippen molar-refractivity contribution in [1.29, 1.82) is 0 Å². The summed E-state index contributed by atoms with van der Waals surface area (Å²) in [7, 11) is -3.89. The molecule has 0 bridgehead atoms. The number of carbonyl (C=O) groups excluding carboxylic acids is 4. The Kier molecular flexibility index (Phi) is 10.4. The van der Waals surface area contributed by atoms with Crippen LogP contribution in [-0.2, 0) is 29.1 Å². The molecule has 14 nitrogen and oxygen atoms in total. The SMILES string of the molecule is CCOc1ccc2c(O[C@@H]3C[C@H]4C(=O)N[C@]5(C(=O)NS(=O)(=O)C6CC6)CC5/C=C\CC[C@@H](C)C[C@@H](C)[C@H](NC(=O)OC5C[C@@H]6C[C@@H]6C5)C(=O)N4C3)nccc2c1. The number of nitrogens with one attached hydrogen (secondary N) is 3. The molecule has 2 aliphatic heterocycles. The number of pyridine rings is 1. The molecule has 0 spiro atoms. The first-order valence-electron chi connectivity index (χ1n) is 20.3. The number of fused-ring (bicyclic) bond motifs is 4. The van der Waals surface area contributed by atoms with Gasteiger partial charge in [0.05, 0.1) is 18.4 Å². The summed E-state index contributed by atoms with van der Waals surface area (Å²) >= 11 is 0. The molecule has 10 atom stereocenters. The Morgan fingerprint density at radius 2 is 1.80 bits per heavy atom. The molecule has 302 valence electrons. The van der Waals surface area contributed by atoms with Crippen molar-refractivity contribution >= 4 is 44.6 Å². The normalized spacial score (nSPS) is 34.8. The van der Waals surface area contributed by atoms with Crippen molar-refractivity contribution in [2.75, 3.05) is 13.2 Å². The summed E-state index contributed by atoms with van der Waals surface area (Å²) in [6.07, 6.45) is 10.2. The van der Waals surface area contributed by atoms with Gasteiger partial charge in [-0.1, -0.05) is 26.0 Å². The van der Waals surface area contributed by atoms with E-state index in [2.05, 4.69) is 27.3 Å². The lowest BCUT2D eigenvalue weighted by Crippen LogP contribution is -2.59. The first-order chi connectivity index (χ1) is 26.8. The van der Waals surface area contributed by atoms with Crippen LogP contribution in [0.1, 0.15) is 85.0 Å². The van der Waals surface area contributed by atoms with Gasteiger partial charge in [-0.3, -0.25) is 19.1 Å². The Labute approximate surface area is 327 Å². The Morgan fingerprint density at radius 3 is 2.55 bits per heavy atom. The number of hydrogen-bond acceptors (Lipinski definition) is 10. The van der Waals surface area contributed by atoms with Crippen LogP contribution in [0.3, 0.4) is 0 Å². The first-order valence-corrected chi connectivity index (χ1v) is 21.9. The molecule has 4 saturated carbocycles. The summed E-state index contributed by atoms with van der Waals surface area (Å²) in [5, 5.41) is 6.77. The molecule has 5 fully saturated rings. The summed E-state index contributed by atoms with van der Waals surface area (Å²) in [5.41, 5.74) is -1.50. The van der Waals surface area contributed by atoms with Crippen LogP contribution >= 0.6 is 0 Å². The number of rotatable bonds is 9. The number of ether oxygens (including phenoxy) is 3. The monoisotopic (exact) mass is 791 g/mol. The van der Waals surface area contributed by atoms with Crippen molar-refractivity contribution in [3.8, 4) is 11.6 Å². The van der Waals surface area contributed by atoms with E-state index in [1.54, 1.807) is 6.20 Å². The molecule has 8 rings (SSSR count). The van der Waals surface area contributed by atoms with E-state index < -0.39 is 68.7 Å². The van der Waals surface area contributed by atoms with Crippen molar-refractivity contribution in [3.63, 3.8) is 0 Å². The quantitative estimate of drug-likeness (QED) is 0.309. The Balaban J connectivity index is 1.09. The Hall–Kier alpha value is -4.40. The molecule has 4 amide bonds. The van der Waals surface area contributed by atoms with Crippen LogP contribution in [0.2, 0.25) is 0 Å². The fraction of sp³-hybridized carbons (Fsp3) is 0.634. The Morgan fingerprint density at radius 1 is 1.02 bits per heavy atom. The largest absolute Gasteiger partial charge is 0.494 e. The number of carbonyl (C=O) groups is 4. The van der Waals surface area contributed by atoms with Crippen molar-refractivity contribution in [1.82, 2.24) is 25.2 Å². The van der Waals surface area contributed by atoms with E-state index in [0.717, 1.165) is 30.0 Å². The van der Waals surface area contributed by atoms with E-state index in [4.69, 9.17) is 14.2 Å². The highest BCUT2D eigenvalue weighted by molar-refractivity contribution is 7.91. The maximum Gasteiger partial charge on any atom is 0.408 e. The molecular weight excluding hydrogens is 739 g/mol. The summed E-state index contributed by atoms with van der Waals surface area (Å²) in [6, 6.07) is 5.33. The van der Waals surface area contributed by atoms with Crippen LogP contribution in [0.4, 0.5) is 4.79 Å². The summed E-state index contributed by atoms with van der Waals surface area (Å²) in [4.78, 5) is 62.6. The predicted octanol–water partition coefficient (Wildman–Crippen LogP) is 4.37. The van der Waals surface area contributed by atoms with E-state index in [1.165, 1.54) is 11.3 Å². The van der Waals surface area contributed by atoms with E-state index in [1.807, 2.05) is 50.3 Å². The van der Waals surface area contributed by atoms with Crippen LogP contribution in [-0.4, -0.2) is 90.3 Å². The van der Waals surface area contributed by atoms with E-state index >= 15 is 0 Å². The first kappa shape index (κ1) is 38.5. The van der Waals surface area contributed by atoms with Gasteiger partial charge in [-0.15, -0.1) is 0 Å². The third-order valence-electron chi connectivity index (χ3n) is 12.7. The van der Waals surface area contributed by atoms with Crippen LogP contribution in [0.5, 0.6) is 11.6 Å². The third-order valence-corrected chi connectivity index (χ3v) is 14.5. The number of alkyl carbamates (subject to hydrolysis) is 1. The molecular formula is C41H53N5O9S. The van der Waals surface area contributed by atoms with Gasteiger partial charge in [0.15, 0.2) is 0 Å². The number of aromatic nitrogens is 1. The van der Waals surface area contributed by atoms with Crippen LogP contribution in [0.25, 0.3) is 10.8 Å². The highest BCUT2D eigenvalue weighted by Crippen LogP contribution is 2.52. The van der Waals surface area contributed by atoms with Gasteiger partial charge in [-0.05, 0) is 118 Å². The number of allylic oxidation sites excluding steroid dienone is 1. The third kappa shape index (κ3) is 8.05. The van der Waals surface area contributed by atoms with Crippen LogP contribution < -0.4 is 24.8 Å². The summed E-state index contributed by atoms with van der Waals surface area (Å²) in [5.74, 6) is -0.146. The molecule has 4 aliphatic carbocycles.